The molecule has 0 amide bonds. The molecule has 0 aromatic heterocycles. The largest absolute Gasteiger partial charge is 0.375 e. The van der Waals surface area contributed by atoms with Gasteiger partial charge in [0.1, 0.15) is 0 Å². The highest BCUT2D eigenvalue weighted by molar-refractivity contribution is 5.13. The lowest BCUT2D eigenvalue weighted by atomic mass is 9.91. The Labute approximate surface area is 116 Å². The molecule has 1 nitrogen and oxygen atoms in total. The second kappa shape index (κ2) is 10.5. The smallest absolute Gasteiger partial charge is 0.0172 e. The Balaban J connectivity index is 5.03. The molecule has 0 atom stereocenters. The van der Waals surface area contributed by atoms with Crippen LogP contribution in [0.1, 0.15) is 80.1 Å². The normalized spacial score (nSPS) is 10.8. The summed E-state index contributed by atoms with van der Waals surface area (Å²) >= 11 is 0. The van der Waals surface area contributed by atoms with Crippen LogP contribution in [0.2, 0.25) is 0 Å². The number of rotatable bonds is 10. The third-order valence-corrected chi connectivity index (χ3v) is 3.50. The summed E-state index contributed by atoms with van der Waals surface area (Å²) in [5.74, 6) is 0.781. The average Bonchev–Trinajstić information content (AvgIpc) is 2.30. The van der Waals surface area contributed by atoms with Crippen molar-refractivity contribution < 1.29 is 0 Å². The predicted octanol–water partition coefficient (Wildman–Crippen LogP) is 5.62. The lowest BCUT2D eigenvalue weighted by molar-refractivity contribution is 0.282. The fourth-order valence-electron chi connectivity index (χ4n) is 2.99. The van der Waals surface area contributed by atoms with E-state index in [-0.39, 0.29) is 0 Å². The molecule has 0 heterocycles. The molecule has 0 aliphatic rings. The van der Waals surface area contributed by atoms with E-state index in [0.29, 0.717) is 0 Å². The van der Waals surface area contributed by atoms with Crippen molar-refractivity contribution in [3.8, 4) is 0 Å². The highest BCUT2D eigenvalue weighted by Gasteiger charge is 2.19. The van der Waals surface area contributed by atoms with Crippen LogP contribution in [0, 0.1) is 5.92 Å². The summed E-state index contributed by atoms with van der Waals surface area (Å²) in [6.45, 7) is 16.2. The van der Waals surface area contributed by atoms with E-state index in [1.807, 2.05) is 0 Å². The first-order valence-corrected chi connectivity index (χ1v) is 8.04. The minimum absolute atomic E-state index is 0.781. The quantitative estimate of drug-likeness (QED) is 0.488. The fourth-order valence-corrected chi connectivity index (χ4v) is 2.99. The maximum atomic E-state index is 2.66. The van der Waals surface area contributed by atoms with Crippen molar-refractivity contribution in [3.05, 3.63) is 11.3 Å². The topological polar surface area (TPSA) is 3.24 Å². The molecule has 0 spiro atoms. The van der Waals surface area contributed by atoms with Crippen molar-refractivity contribution >= 4 is 0 Å². The molecule has 0 saturated carbocycles. The first-order chi connectivity index (χ1) is 8.62. The molecule has 0 unspecified atom stereocenters. The minimum Gasteiger partial charge on any atom is -0.375 e. The summed E-state index contributed by atoms with van der Waals surface area (Å²) < 4.78 is 0. The van der Waals surface area contributed by atoms with Crippen LogP contribution in [0.3, 0.4) is 0 Å². The maximum Gasteiger partial charge on any atom is 0.0172 e. The highest BCUT2D eigenvalue weighted by Crippen LogP contribution is 2.28. The van der Waals surface area contributed by atoms with Gasteiger partial charge in [-0.05, 0) is 45.4 Å². The van der Waals surface area contributed by atoms with E-state index >= 15 is 0 Å². The van der Waals surface area contributed by atoms with E-state index in [1.54, 1.807) is 5.70 Å². The van der Waals surface area contributed by atoms with E-state index in [2.05, 4.69) is 46.4 Å². The van der Waals surface area contributed by atoms with Gasteiger partial charge in [-0.15, -0.1) is 0 Å². The number of hydrogen-bond acceptors (Lipinski definition) is 1. The van der Waals surface area contributed by atoms with Gasteiger partial charge >= 0.3 is 0 Å². The van der Waals surface area contributed by atoms with Crippen molar-refractivity contribution in [2.75, 3.05) is 13.1 Å². The van der Waals surface area contributed by atoms with Crippen LogP contribution in [0.4, 0.5) is 0 Å². The molecule has 0 radical (unpaired) electrons. The third kappa shape index (κ3) is 5.93. The lowest BCUT2D eigenvalue weighted by Crippen LogP contribution is -2.30. The summed E-state index contributed by atoms with van der Waals surface area (Å²) in [5.41, 5.74) is 3.19. The minimum atomic E-state index is 0.781. The van der Waals surface area contributed by atoms with E-state index in [0.717, 1.165) is 5.92 Å². The lowest BCUT2D eigenvalue weighted by Gasteiger charge is -2.34. The first-order valence-electron chi connectivity index (χ1n) is 8.04. The molecular weight excluding hydrogens is 218 g/mol. The number of nitrogens with zero attached hydrogens (tertiary/aromatic N) is 1. The molecule has 0 fully saturated rings. The van der Waals surface area contributed by atoms with Gasteiger partial charge in [-0.2, -0.15) is 0 Å². The third-order valence-electron chi connectivity index (χ3n) is 3.50. The molecule has 0 aromatic carbocycles. The van der Waals surface area contributed by atoms with Gasteiger partial charge in [-0.3, -0.25) is 0 Å². The zero-order chi connectivity index (χ0) is 14.0. The van der Waals surface area contributed by atoms with Crippen molar-refractivity contribution in [2.45, 2.75) is 80.1 Å². The van der Waals surface area contributed by atoms with Crippen LogP contribution in [-0.4, -0.2) is 18.0 Å². The van der Waals surface area contributed by atoms with Gasteiger partial charge in [0.05, 0.1) is 0 Å². The van der Waals surface area contributed by atoms with Gasteiger partial charge in [0.15, 0.2) is 0 Å². The van der Waals surface area contributed by atoms with Gasteiger partial charge in [-0.1, -0.05) is 46.1 Å². The Kier molecular flexibility index (Phi) is 10.2. The molecule has 1 heteroatoms. The van der Waals surface area contributed by atoms with Crippen LogP contribution in [0.15, 0.2) is 11.3 Å². The highest BCUT2D eigenvalue weighted by atomic mass is 15.1. The Hall–Kier alpha value is -0.460. The molecule has 0 N–H and O–H groups in total. The molecule has 0 aliphatic heterocycles. The molecule has 0 saturated heterocycles. The van der Waals surface area contributed by atoms with Gasteiger partial charge in [0.2, 0.25) is 0 Å². The van der Waals surface area contributed by atoms with Gasteiger partial charge in [-0.25, -0.2) is 0 Å². The molecule has 0 aromatic rings. The second-order valence-corrected chi connectivity index (χ2v) is 5.65. The molecule has 0 aliphatic carbocycles. The molecule has 0 rings (SSSR count). The molecule has 0 bridgehead atoms. The maximum absolute atomic E-state index is 2.66. The summed E-state index contributed by atoms with van der Waals surface area (Å²) in [6.07, 6.45) is 7.79. The van der Waals surface area contributed by atoms with E-state index < -0.39 is 0 Å². The van der Waals surface area contributed by atoms with Crippen LogP contribution in [-0.2, 0) is 0 Å². The van der Waals surface area contributed by atoms with Crippen molar-refractivity contribution in [1.82, 2.24) is 4.90 Å². The van der Waals surface area contributed by atoms with Gasteiger partial charge < -0.3 is 4.90 Å². The number of hydrogen-bond donors (Lipinski definition) is 0. The standard InChI is InChI=1S/C17H35N/c1-7-11-16(12-8-2)17(15(5)6)18(13-9-3)14-10-4/h16H,7-14H2,1-6H3. The SMILES string of the molecule is CCCC(CCC)C(=C(C)C)N(CCC)CCC. The number of allylic oxidation sites excluding steroid dienone is 2. The molecular formula is C17H35N. The first kappa shape index (κ1) is 17.5. The van der Waals surface area contributed by atoms with E-state index in [9.17, 15) is 0 Å². The van der Waals surface area contributed by atoms with E-state index in [1.165, 1.54) is 57.2 Å². The average molecular weight is 253 g/mol. The predicted molar refractivity (Wildman–Crippen MR) is 83.8 cm³/mol. The Bertz CT molecular complexity index is 196. The monoisotopic (exact) mass is 253 g/mol. The summed E-state index contributed by atoms with van der Waals surface area (Å²) in [4.78, 5) is 2.66. The Morgan fingerprint density at radius 2 is 1.22 bits per heavy atom. The summed E-state index contributed by atoms with van der Waals surface area (Å²) in [5, 5.41) is 0. The van der Waals surface area contributed by atoms with E-state index in [4.69, 9.17) is 0 Å². The van der Waals surface area contributed by atoms with Crippen LogP contribution in [0.5, 0.6) is 0 Å². The van der Waals surface area contributed by atoms with Crippen LogP contribution < -0.4 is 0 Å². The zero-order valence-electron chi connectivity index (χ0n) is 13.7. The molecule has 18 heavy (non-hydrogen) atoms. The molecule has 108 valence electrons. The second-order valence-electron chi connectivity index (χ2n) is 5.65. The fraction of sp³-hybridized carbons (Fsp3) is 0.882. The Morgan fingerprint density at radius 1 is 0.778 bits per heavy atom. The van der Waals surface area contributed by atoms with Crippen LogP contribution in [0.25, 0.3) is 0 Å². The van der Waals surface area contributed by atoms with Crippen molar-refractivity contribution in [3.63, 3.8) is 0 Å². The van der Waals surface area contributed by atoms with Crippen LogP contribution >= 0.6 is 0 Å². The summed E-state index contributed by atoms with van der Waals surface area (Å²) in [7, 11) is 0. The Morgan fingerprint density at radius 3 is 1.50 bits per heavy atom. The summed E-state index contributed by atoms with van der Waals surface area (Å²) in [6, 6.07) is 0. The van der Waals surface area contributed by atoms with Gasteiger partial charge in [0, 0.05) is 18.8 Å². The zero-order valence-corrected chi connectivity index (χ0v) is 13.7. The van der Waals surface area contributed by atoms with Gasteiger partial charge in [0.25, 0.3) is 0 Å². The van der Waals surface area contributed by atoms with Crippen molar-refractivity contribution in [1.29, 1.82) is 0 Å². The van der Waals surface area contributed by atoms with Crippen molar-refractivity contribution in [2.24, 2.45) is 5.92 Å².